The minimum absolute atomic E-state index is 0.303. The van der Waals surface area contributed by atoms with Crippen molar-refractivity contribution in [1.29, 1.82) is 0 Å². The molecule has 0 spiro atoms. The van der Waals surface area contributed by atoms with Gasteiger partial charge in [-0.3, -0.25) is 9.69 Å². The highest BCUT2D eigenvalue weighted by molar-refractivity contribution is 5.77. The van der Waals surface area contributed by atoms with E-state index in [1.54, 1.807) is 16.4 Å². The fraction of sp³-hybridized carbons (Fsp3) is 0.680. The number of aromatic nitrogens is 4. The van der Waals surface area contributed by atoms with Crippen LogP contribution in [0.4, 0.5) is 0 Å². The van der Waals surface area contributed by atoms with Crippen LogP contribution in [0.5, 0.6) is 0 Å². The number of amides is 1. The summed E-state index contributed by atoms with van der Waals surface area (Å²) >= 11 is 0. The highest BCUT2D eigenvalue weighted by atomic mass is 16.2. The van der Waals surface area contributed by atoms with Crippen molar-refractivity contribution >= 4 is 11.7 Å². The summed E-state index contributed by atoms with van der Waals surface area (Å²) < 4.78 is 1.78. The SMILES string of the molecule is Cc1nc2ncnn2c(C)c1CCC(=O)N1CCCC2=C[C@@H]3C[C@@H](CN4CCCC[C@H]34)[C@@H]21. The van der Waals surface area contributed by atoms with Gasteiger partial charge in [-0.15, -0.1) is 0 Å². The van der Waals surface area contributed by atoms with Crippen LogP contribution in [0.3, 0.4) is 0 Å². The second kappa shape index (κ2) is 7.94. The predicted octanol–water partition coefficient (Wildman–Crippen LogP) is 3.10. The third-order valence-electron chi connectivity index (χ3n) is 8.56. The number of fused-ring (bicyclic) bond motifs is 7. The molecule has 3 aliphatic heterocycles. The lowest BCUT2D eigenvalue weighted by Gasteiger charge is -2.54. The Bertz CT molecular complexity index is 1070. The van der Waals surface area contributed by atoms with Crippen LogP contribution in [0.25, 0.3) is 5.78 Å². The molecule has 3 saturated heterocycles. The summed E-state index contributed by atoms with van der Waals surface area (Å²) in [5.41, 5.74) is 4.69. The number of hydrogen-bond acceptors (Lipinski definition) is 5. The van der Waals surface area contributed by atoms with E-state index in [0.717, 1.165) is 36.0 Å². The van der Waals surface area contributed by atoms with Crippen molar-refractivity contribution in [3.63, 3.8) is 0 Å². The van der Waals surface area contributed by atoms with Gasteiger partial charge in [-0.1, -0.05) is 18.1 Å². The molecule has 0 N–H and O–H groups in total. The molecule has 1 amide bonds. The highest BCUT2D eigenvalue weighted by Gasteiger charge is 2.46. The highest BCUT2D eigenvalue weighted by Crippen LogP contribution is 2.45. The molecule has 5 heterocycles. The number of aryl methyl sites for hydroxylation is 2. The molecule has 7 nitrogen and oxygen atoms in total. The smallest absolute Gasteiger partial charge is 0.252 e. The zero-order chi connectivity index (χ0) is 21.8. The van der Waals surface area contributed by atoms with Crippen molar-refractivity contribution in [3.05, 3.63) is 34.9 Å². The maximum absolute atomic E-state index is 13.5. The first-order chi connectivity index (χ1) is 15.6. The Morgan fingerprint density at radius 3 is 3.00 bits per heavy atom. The van der Waals surface area contributed by atoms with E-state index >= 15 is 0 Å². The average Bonchev–Trinajstić information content (AvgIpc) is 3.27. The van der Waals surface area contributed by atoms with Gasteiger partial charge in [0.05, 0.1) is 6.04 Å². The zero-order valence-electron chi connectivity index (χ0n) is 19.3. The fourth-order valence-electron chi connectivity index (χ4n) is 7.15. The molecule has 2 aromatic heterocycles. The first kappa shape index (κ1) is 20.3. The molecule has 6 rings (SSSR count). The van der Waals surface area contributed by atoms with E-state index in [0.29, 0.717) is 42.4 Å². The molecule has 32 heavy (non-hydrogen) atoms. The molecule has 0 unspecified atom stereocenters. The summed E-state index contributed by atoms with van der Waals surface area (Å²) in [6, 6.07) is 1.08. The Labute approximate surface area is 189 Å². The zero-order valence-corrected chi connectivity index (χ0v) is 19.3. The molecule has 2 bridgehead atoms. The van der Waals surface area contributed by atoms with Crippen molar-refractivity contribution in [1.82, 2.24) is 29.4 Å². The normalized spacial score (nSPS) is 30.1. The van der Waals surface area contributed by atoms with E-state index in [1.165, 1.54) is 45.2 Å². The Balaban J connectivity index is 1.21. The van der Waals surface area contributed by atoms with Gasteiger partial charge >= 0.3 is 0 Å². The molecule has 170 valence electrons. The van der Waals surface area contributed by atoms with E-state index in [4.69, 9.17) is 0 Å². The van der Waals surface area contributed by atoms with Crippen molar-refractivity contribution in [2.45, 2.75) is 77.3 Å². The van der Waals surface area contributed by atoms with Crippen molar-refractivity contribution in [2.24, 2.45) is 11.8 Å². The van der Waals surface area contributed by atoms with Gasteiger partial charge in [-0.05, 0) is 76.3 Å². The van der Waals surface area contributed by atoms with E-state index in [2.05, 4.69) is 37.9 Å². The fourth-order valence-corrected chi connectivity index (χ4v) is 7.15. The Morgan fingerprint density at radius 2 is 2.09 bits per heavy atom. The summed E-state index contributed by atoms with van der Waals surface area (Å²) in [6.45, 7) is 7.40. The number of piperidine rings is 3. The lowest BCUT2D eigenvalue weighted by molar-refractivity contribution is -0.136. The summed E-state index contributed by atoms with van der Waals surface area (Å²) in [6.07, 6.45) is 13.0. The van der Waals surface area contributed by atoms with Crippen LogP contribution in [-0.4, -0.2) is 67.0 Å². The monoisotopic (exact) mass is 434 g/mol. The molecule has 7 heteroatoms. The van der Waals surface area contributed by atoms with E-state index in [1.807, 2.05) is 6.92 Å². The molecule has 4 aliphatic rings. The average molecular weight is 435 g/mol. The molecular weight excluding hydrogens is 400 g/mol. The molecule has 2 aromatic rings. The van der Waals surface area contributed by atoms with Crippen molar-refractivity contribution in [2.75, 3.05) is 19.6 Å². The molecule has 3 fully saturated rings. The van der Waals surface area contributed by atoms with E-state index < -0.39 is 0 Å². The van der Waals surface area contributed by atoms with Gasteiger partial charge in [0.2, 0.25) is 5.91 Å². The third kappa shape index (κ3) is 3.28. The maximum atomic E-state index is 13.5. The molecule has 0 radical (unpaired) electrons. The first-order valence-electron chi connectivity index (χ1n) is 12.5. The number of carbonyl (C=O) groups excluding carboxylic acids is 1. The van der Waals surface area contributed by atoms with Gasteiger partial charge in [0, 0.05) is 36.9 Å². The van der Waals surface area contributed by atoms with E-state index in [-0.39, 0.29) is 0 Å². The Morgan fingerprint density at radius 1 is 1.19 bits per heavy atom. The predicted molar refractivity (Wildman–Crippen MR) is 122 cm³/mol. The van der Waals surface area contributed by atoms with Crippen LogP contribution < -0.4 is 0 Å². The van der Waals surface area contributed by atoms with Gasteiger partial charge in [-0.25, -0.2) is 9.50 Å². The molecule has 1 aliphatic carbocycles. The number of likely N-dealkylation sites (tertiary alicyclic amines) is 1. The largest absolute Gasteiger partial charge is 0.336 e. The van der Waals surface area contributed by atoms with Crippen molar-refractivity contribution < 1.29 is 4.79 Å². The van der Waals surface area contributed by atoms with Crippen LogP contribution >= 0.6 is 0 Å². The van der Waals surface area contributed by atoms with Gasteiger partial charge in [-0.2, -0.15) is 10.1 Å². The summed E-state index contributed by atoms with van der Waals surface area (Å²) in [5.74, 6) is 2.25. The lowest BCUT2D eigenvalue weighted by atomic mass is 9.68. The summed E-state index contributed by atoms with van der Waals surface area (Å²) in [4.78, 5) is 27.3. The van der Waals surface area contributed by atoms with Crippen LogP contribution in [0, 0.1) is 25.7 Å². The molecular formula is C25H34N6O. The topological polar surface area (TPSA) is 66.6 Å². The second-order valence-corrected chi connectivity index (χ2v) is 10.3. The van der Waals surface area contributed by atoms with Gasteiger partial charge < -0.3 is 4.90 Å². The van der Waals surface area contributed by atoms with Crippen LogP contribution in [0.1, 0.15) is 61.9 Å². The molecule has 4 atom stereocenters. The van der Waals surface area contributed by atoms with Gasteiger partial charge in [0.1, 0.15) is 6.33 Å². The number of nitrogens with zero attached hydrogens (tertiary/aromatic N) is 6. The summed E-state index contributed by atoms with van der Waals surface area (Å²) in [5, 5.41) is 4.29. The molecule has 0 saturated carbocycles. The Hall–Kier alpha value is -2.28. The first-order valence-corrected chi connectivity index (χ1v) is 12.5. The quantitative estimate of drug-likeness (QED) is 0.695. The maximum Gasteiger partial charge on any atom is 0.252 e. The van der Waals surface area contributed by atoms with Crippen molar-refractivity contribution in [3.8, 4) is 0 Å². The van der Waals surface area contributed by atoms with Gasteiger partial charge in [0.25, 0.3) is 5.78 Å². The number of rotatable bonds is 3. The minimum Gasteiger partial charge on any atom is -0.336 e. The second-order valence-electron chi connectivity index (χ2n) is 10.3. The lowest BCUT2D eigenvalue weighted by Crippen LogP contribution is -2.60. The van der Waals surface area contributed by atoms with Crippen LogP contribution in [-0.2, 0) is 11.2 Å². The number of carbonyl (C=O) groups is 1. The molecule has 0 aromatic carbocycles. The van der Waals surface area contributed by atoms with Crippen LogP contribution in [0.2, 0.25) is 0 Å². The Kier molecular flexibility index (Phi) is 5.05. The minimum atomic E-state index is 0.303. The van der Waals surface area contributed by atoms with Crippen LogP contribution in [0.15, 0.2) is 18.0 Å². The van der Waals surface area contributed by atoms with Gasteiger partial charge in [0.15, 0.2) is 0 Å². The summed E-state index contributed by atoms with van der Waals surface area (Å²) in [7, 11) is 0. The third-order valence-corrected chi connectivity index (χ3v) is 8.56. The number of hydrogen-bond donors (Lipinski definition) is 0. The van der Waals surface area contributed by atoms with E-state index in [9.17, 15) is 4.79 Å². The standard InChI is InChI=1S/C25H34N6O/c1-16-21(17(2)31-25(28-16)26-15-27-31)8-9-23(32)30-11-5-6-18-12-19-13-20(24(18)30)14-29-10-4-3-7-22(19)29/h12,15,19-20,22,24H,3-11,13-14H2,1-2H3/t19-,20+,22-,24-/m1/s1.